The number of para-hydroxylation sites is 1. The Labute approximate surface area is 221 Å². The lowest BCUT2D eigenvalue weighted by Crippen LogP contribution is -2.28. The van der Waals surface area contributed by atoms with Crippen LogP contribution in [0, 0.1) is 0 Å². The van der Waals surface area contributed by atoms with E-state index in [2.05, 4.69) is 86.7 Å². The number of fused-ring (bicyclic) bond motifs is 5. The Morgan fingerprint density at radius 3 is 2.86 bits per heavy atom. The number of hydrogen-bond acceptors (Lipinski definition) is 5. The molecule has 7 aromatic rings. The fraction of sp³-hybridized carbons (Fsp3) is 0.0968. The number of rotatable bonds is 3. The van der Waals surface area contributed by atoms with Gasteiger partial charge in [0.05, 0.1) is 20.8 Å². The van der Waals surface area contributed by atoms with E-state index in [0.29, 0.717) is 0 Å². The lowest BCUT2D eigenvalue weighted by atomic mass is 9.89. The molecule has 1 aliphatic rings. The topological polar surface area (TPSA) is 53.6 Å². The molecule has 8 rings (SSSR count). The molecule has 0 aliphatic carbocycles. The smallest absolute Gasteiger partial charge is 0.0812 e. The Morgan fingerprint density at radius 1 is 0.892 bits per heavy atom. The highest BCUT2D eigenvalue weighted by atomic mass is 32.1. The highest BCUT2D eigenvalue weighted by molar-refractivity contribution is 7.17. The summed E-state index contributed by atoms with van der Waals surface area (Å²) in [6.45, 7) is 0.819. The van der Waals surface area contributed by atoms with Crippen LogP contribution in [0.25, 0.3) is 53.6 Å². The second kappa shape index (κ2) is 8.35. The fourth-order valence-electron chi connectivity index (χ4n) is 5.71. The zero-order valence-electron chi connectivity index (χ0n) is 19.9. The van der Waals surface area contributed by atoms with E-state index in [4.69, 9.17) is 4.98 Å². The molecule has 1 atom stereocenters. The van der Waals surface area contributed by atoms with Crippen molar-refractivity contribution in [1.29, 1.82) is 0 Å². The second-order valence-electron chi connectivity index (χ2n) is 9.60. The average molecular weight is 515 g/mol. The normalized spacial score (nSPS) is 15.5. The Kier molecular flexibility index (Phi) is 4.80. The molecule has 0 saturated carbocycles. The van der Waals surface area contributed by atoms with Crippen molar-refractivity contribution in [2.24, 2.45) is 0 Å². The number of pyridine rings is 2. The Bertz CT molecular complexity index is 1940. The van der Waals surface area contributed by atoms with E-state index in [9.17, 15) is 0 Å². The van der Waals surface area contributed by atoms with Gasteiger partial charge in [0.1, 0.15) is 0 Å². The Morgan fingerprint density at radius 2 is 1.86 bits per heavy atom. The first-order valence-corrected chi connectivity index (χ1v) is 14.2. The summed E-state index contributed by atoms with van der Waals surface area (Å²) < 4.78 is 1.22. The van der Waals surface area contributed by atoms with Crippen molar-refractivity contribution in [2.75, 3.05) is 0 Å². The third-order valence-corrected chi connectivity index (χ3v) is 9.39. The van der Waals surface area contributed by atoms with Gasteiger partial charge < -0.3 is 10.3 Å². The molecule has 6 heterocycles. The molecule has 0 spiro atoms. The first-order chi connectivity index (χ1) is 18.3. The van der Waals surface area contributed by atoms with E-state index in [1.54, 1.807) is 22.7 Å². The quantitative estimate of drug-likeness (QED) is 0.250. The van der Waals surface area contributed by atoms with Gasteiger partial charge >= 0.3 is 0 Å². The second-order valence-corrected chi connectivity index (χ2v) is 11.4. The molecule has 5 aromatic heterocycles. The highest BCUT2D eigenvalue weighted by Gasteiger charge is 2.29. The molecule has 4 nitrogen and oxygen atoms in total. The zero-order valence-corrected chi connectivity index (χ0v) is 21.5. The van der Waals surface area contributed by atoms with Crippen molar-refractivity contribution in [1.82, 2.24) is 20.3 Å². The van der Waals surface area contributed by atoms with Gasteiger partial charge in [-0.15, -0.1) is 22.7 Å². The number of H-pyrrole nitrogens is 1. The van der Waals surface area contributed by atoms with Gasteiger partial charge in [0, 0.05) is 47.0 Å². The molecule has 1 unspecified atom stereocenters. The highest BCUT2D eigenvalue weighted by Crippen LogP contribution is 2.45. The Hall–Kier alpha value is -3.84. The van der Waals surface area contributed by atoms with Gasteiger partial charge in [0.2, 0.25) is 0 Å². The number of aromatic nitrogens is 3. The molecule has 0 fully saturated rings. The average Bonchev–Trinajstić information content (AvgIpc) is 3.68. The lowest BCUT2D eigenvalue weighted by molar-refractivity contribution is 0.499. The van der Waals surface area contributed by atoms with Crippen LogP contribution in [0.2, 0.25) is 0 Å². The van der Waals surface area contributed by atoms with Crippen molar-refractivity contribution >= 4 is 54.6 Å². The number of aromatic amines is 1. The van der Waals surface area contributed by atoms with Crippen LogP contribution in [0.1, 0.15) is 22.9 Å². The number of hydrogen-bond donors (Lipinski definition) is 2. The van der Waals surface area contributed by atoms with Gasteiger partial charge in [-0.25, -0.2) is 0 Å². The summed E-state index contributed by atoms with van der Waals surface area (Å²) in [6.07, 6.45) is 4.82. The van der Waals surface area contributed by atoms with Gasteiger partial charge in [-0.05, 0) is 75.2 Å². The first kappa shape index (κ1) is 21.3. The molecular formula is C31H22N4S2. The maximum atomic E-state index is 4.92. The summed E-state index contributed by atoms with van der Waals surface area (Å²) in [5.41, 5.74) is 9.79. The van der Waals surface area contributed by atoms with E-state index >= 15 is 0 Å². The largest absolute Gasteiger partial charge is 0.357 e. The van der Waals surface area contributed by atoms with Crippen LogP contribution in [-0.2, 0) is 13.0 Å². The number of nitrogens with one attached hydrogen (secondary N) is 2. The van der Waals surface area contributed by atoms with Gasteiger partial charge in [0.15, 0.2) is 0 Å². The predicted molar refractivity (Wildman–Crippen MR) is 155 cm³/mol. The van der Waals surface area contributed by atoms with E-state index in [0.717, 1.165) is 29.6 Å². The summed E-state index contributed by atoms with van der Waals surface area (Å²) in [4.78, 5) is 14.4. The summed E-state index contributed by atoms with van der Waals surface area (Å²) in [5, 5.41) is 12.0. The third-order valence-electron chi connectivity index (χ3n) is 7.50. The lowest BCUT2D eigenvalue weighted by Gasteiger charge is -2.26. The molecule has 6 heteroatoms. The minimum absolute atomic E-state index is 0.183. The zero-order chi connectivity index (χ0) is 24.3. The molecule has 37 heavy (non-hydrogen) atoms. The van der Waals surface area contributed by atoms with Crippen LogP contribution in [0.15, 0.2) is 89.9 Å². The molecular weight excluding hydrogens is 493 g/mol. The van der Waals surface area contributed by atoms with E-state index < -0.39 is 0 Å². The van der Waals surface area contributed by atoms with Crippen LogP contribution >= 0.6 is 22.7 Å². The maximum Gasteiger partial charge on any atom is 0.0812 e. The summed E-state index contributed by atoms with van der Waals surface area (Å²) >= 11 is 3.53. The third kappa shape index (κ3) is 3.44. The number of thiophene rings is 2. The predicted octanol–water partition coefficient (Wildman–Crippen LogP) is 8.11. The summed E-state index contributed by atoms with van der Waals surface area (Å²) in [6, 6.07) is 24.0. The van der Waals surface area contributed by atoms with Crippen LogP contribution < -0.4 is 5.32 Å². The maximum absolute atomic E-state index is 4.92. The molecule has 0 amide bonds. The number of benzene rings is 2. The van der Waals surface area contributed by atoms with Gasteiger partial charge in [0.25, 0.3) is 0 Å². The van der Waals surface area contributed by atoms with Crippen molar-refractivity contribution in [2.45, 2.75) is 19.0 Å². The minimum Gasteiger partial charge on any atom is -0.357 e. The van der Waals surface area contributed by atoms with Crippen LogP contribution in [0.3, 0.4) is 0 Å². The number of nitrogens with zero attached hydrogens (tertiary/aromatic N) is 2. The SMILES string of the molecule is c1cnc2cc(-c3csc(-c4cc5ccsc5cn4)c3C3Cc4c([nH]c5ccccc45)CN3)ccc2c1. The molecule has 2 N–H and O–H groups in total. The Balaban J connectivity index is 1.31. The van der Waals surface area contributed by atoms with E-state index in [-0.39, 0.29) is 6.04 Å². The molecule has 0 bridgehead atoms. The van der Waals surface area contributed by atoms with E-state index in [1.807, 2.05) is 18.5 Å². The molecule has 178 valence electrons. The molecule has 2 aromatic carbocycles. The molecule has 0 saturated heterocycles. The summed E-state index contributed by atoms with van der Waals surface area (Å²) in [7, 11) is 0. The van der Waals surface area contributed by atoms with E-state index in [1.165, 1.54) is 53.8 Å². The van der Waals surface area contributed by atoms with Crippen molar-refractivity contribution in [3.8, 4) is 21.7 Å². The standard InChI is InChI=1S/C31H22N4S2/c1-2-6-24-21(5-1)22-14-26(33-15-28(22)35-24)30-23(19-8-7-18-4-3-10-32-25(18)12-19)17-37-31(30)27-13-20-9-11-36-29(20)16-34-27/h1-13,16-17,26,33,35H,14-15H2. The van der Waals surface area contributed by atoms with Crippen molar-refractivity contribution in [3.63, 3.8) is 0 Å². The van der Waals surface area contributed by atoms with Crippen LogP contribution in [0.4, 0.5) is 0 Å². The van der Waals surface area contributed by atoms with Gasteiger partial charge in [-0.3, -0.25) is 9.97 Å². The summed E-state index contributed by atoms with van der Waals surface area (Å²) in [5.74, 6) is 0. The molecule has 0 radical (unpaired) electrons. The van der Waals surface area contributed by atoms with Crippen LogP contribution in [0.5, 0.6) is 0 Å². The minimum atomic E-state index is 0.183. The van der Waals surface area contributed by atoms with Crippen LogP contribution in [-0.4, -0.2) is 15.0 Å². The monoisotopic (exact) mass is 514 g/mol. The first-order valence-electron chi connectivity index (χ1n) is 12.4. The van der Waals surface area contributed by atoms with Crippen molar-refractivity contribution in [3.05, 3.63) is 107 Å². The van der Waals surface area contributed by atoms with Crippen molar-refractivity contribution < 1.29 is 0 Å². The van der Waals surface area contributed by atoms with Gasteiger partial charge in [-0.2, -0.15) is 0 Å². The van der Waals surface area contributed by atoms with Gasteiger partial charge in [-0.1, -0.05) is 36.4 Å². The fourth-order valence-corrected chi connectivity index (χ4v) is 7.55. The molecule has 1 aliphatic heterocycles.